The number of carbonyl (C=O) groups excluding carboxylic acids is 1. The average Bonchev–Trinajstić information content (AvgIpc) is 3.02. The molecule has 2 aliphatic carbocycles. The van der Waals surface area contributed by atoms with Crippen LogP contribution in [0.5, 0.6) is 0 Å². The van der Waals surface area contributed by atoms with E-state index in [0.29, 0.717) is 18.3 Å². The Labute approximate surface area is 107 Å². The van der Waals surface area contributed by atoms with Crippen LogP contribution in [-0.4, -0.2) is 32.2 Å². The second-order valence-electron chi connectivity index (χ2n) is 5.35. The number of rotatable bonds is 3. The molecule has 3 rings (SSSR count). The van der Waals surface area contributed by atoms with E-state index in [4.69, 9.17) is 0 Å². The quantitative estimate of drug-likeness (QED) is 0.772. The number of halogens is 1. The van der Waals surface area contributed by atoms with Gasteiger partial charge in [-0.05, 0) is 37.5 Å². The minimum atomic E-state index is -3.38. The smallest absolute Gasteiger partial charge is 0.250 e. The molecule has 1 heterocycles. The lowest BCUT2D eigenvalue weighted by Crippen LogP contribution is -2.44. The largest absolute Gasteiger partial charge is 0.305 e. The normalized spacial score (nSPS) is 29.8. The van der Waals surface area contributed by atoms with Gasteiger partial charge in [0.2, 0.25) is 10.0 Å². The van der Waals surface area contributed by atoms with Crippen molar-refractivity contribution in [1.29, 1.82) is 0 Å². The third-order valence-corrected chi connectivity index (χ3v) is 5.68. The lowest BCUT2D eigenvalue weighted by molar-refractivity contribution is -0.121. The highest BCUT2D eigenvalue weighted by molar-refractivity contribution is 7.90. The molecule has 1 unspecified atom stereocenters. The molecule has 3 aliphatic rings. The Morgan fingerprint density at radius 1 is 1.29 bits per heavy atom. The SMILES string of the molecule is Cl.O=C(NS(=O)(=O)C1CC1)C1CC2(CC2)CN1. The van der Waals surface area contributed by atoms with E-state index in [-0.39, 0.29) is 29.6 Å². The van der Waals surface area contributed by atoms with E-state index in [1.165, 1.54) is 12.8 Å². The minimum absolute atomic E-state index is 0. The van der Waals surface area contributed by atoms with Gasteiger partial charge >= 0.3 is 0 Å². The predicted molar refractivity (Wildman–Crippen MR) is 65.4 cm³/mol. The molecule has 0 aromatic carbocycles. The monoisotopic (exact) mass is 280 g/mol. The Hall–Kier alpha value is -0.330. The standard InChI is InChI=1S/C10H16N2O3S.ClH/c13-9(12-16(14,15)7-1-2-7)8-5-10(3-4-10)6-11-8;/h7-8,11H,1-6H2,(H,12,13);1H. The third kappa shape index (κ3) is 2.58. The molecule has 0 bridgehead atoms. The fraction of sp³-hybridized carbons (Fsp3) is 0.900. The fourth-order valence-corrected chi connectivity index (χ4v) is 3.68. The molecule has 1 saturated heterocycles. The van der Waals surface area contributed by atoms with E-state index in [1.54, 1.807) is 0 Å². The summed E-state index contributed by atoms with van der Waals surface area (Å²) < 4.78 is 25.4. The van der Waals surface area contributed by atoms with Gasteiger partial charge in [0.1, 0.15) is 0 Å². The second-order valence-corrected chi connectivity index (χ2v) is 7.31. The van der Waals surface area contributed by atoms with Crippen LogP contribution in [0, 0.1) is 5.41 Å². The van der Waals surface area contributed by atoms with E-state index >= 15 is 0 Å². The number of amides is 1. The zero-order valence-corrected chi connectivity index (χ0v) is 11.1. The fourth-order valence-electron chi connectivity index (χ4n) is 2.33. The number of carbonyl (C=O) groups is 1. The molecule has 17 heavy (non-hydrogen) atoms. The summed E-state index contributed by atoms with van der Waals surface area (Å²) in [6.07, 6.45) is 4.49. The van der Waals surface area contributed by atoms with Gasteiger partial charge in [0.05, 0.1) is 11.3 Å². The second kappa shape index (κ2) is 4.10. The number of nitrogens with one attached hydrogen (secondary N) is 2. The molecule has 1 spiro atoms. The summed E-state index contributed by atoms with van der Waals surface area (Å²) in [6.45, 7) is 0.856. The Balaban J connectivity index is 0.00000108. The first kappa shape index (κ1) is 13.1. The van der Waals surface area contributed by atoms with E-state index in [1.807, 2.05) is 0 Å². The highest BCUT2D eigenvalue weighted by atomic mass is 35.5. The van der Waals surface area contributed by atoms with Gasteiger partial charge in [0, 0.05) is 6.54 Å². The third-order valence-electron chi connectivity index (χ3n) is 3.84. The molecule has 5 nitrogen and oxygen atoms in total. The number of hydrogen-bond donors (Lipinski definition) is 2. The zero-order valence-electron chi connectivity index (χ0n) is 9.44. The van der Waals surface area contributed by atoms with Gasteiger partial charge in [-0.25, -0.2) is 8.42 Å². The van der Waals surface area contributed by atoms with Crippen LogP contribution in [0.3, 0.4) is 0 Å². The molecular weight excluding hydrogens is 264 g/mol. The van der Waals surface area contributed by atoms with Crippen molar-refractivity contribution in [3.05, 3.63) is 0 Å². The molecule has 2 saturated carbocycles. The Morgan fingerprint density at radius 2 is 1.94 bits per heavy atom. The van der Waals surface area contributed by atoms with E-state index < -0.39 is 10.0 Å². The van der Waals surface area contributed by atoms with Crippen LogP contribution in [0.1, 0.15) is 32.1 Å². The predicted octanol–water partition coefficient (Wildman–Crippen LogP) is 0.159. The van der Waals surface area contributed by atoms with Crippen molar-refractivity contribution in [2.45, 2.75) is 43.4 Å². The molecular formula is C10H17ClN2O3S. The molecule has 3 fully saturated rings. The van der Waals surface area contributed by atoms with Crippen molar-refractivity contribution < 1.29 is 13.2 Å². The van der Waals surface area contributed by atoms with Gasteiger partial charge in [-0.3, -0.25) is 9.52 Å². The number of hydrogen-bond acceptors (Lipinski definition) is 4. The molecule has 1 amide bonds. The van der Waals surface area contributed by atoms with Crippen molar-refractivity contribution in [1.82, 2.24) is 10.0 Å². The van der Waals surface area contributed by atoms with Gasteiger partial charge in [-0.2, -0.15) is 0 Å². The first-order valence-corrected chi connectivity index (χ1v) is 7.34. The summed E-state index contributed by atoms with van der Waals surface area (Å²) in [5.41, 5.74) is 0.311. The maximum absolute atomic E-state index is 11.8. The first-order valence-electron chi connectivity index (χ1n) is 5.80. The van der Waals surface area contributed by atoms with Gasteiger partial charge < -0.3 is 5.32 Å². The lowest BCUT2D eigenvalue weighted by Gasteiger charge is -2.11. The van der Waals surface area contributed by atoms with Crippen molar-refractivity contribution in [2.24, 2.45) is 5.41 Å². The first-order chi connectivity index (χ1) is 7.51. The lowest BCUT2D eigenvalue weighted by atomic mass is 10.0. The average molecular weight is 281 g/mol. The van der Waals surface area contributed by atoms with Crippen molar-refractivity contribution in [2.75, 3.05) is 6.54 Å². The maximum atomic E-state index is 11.8. The van der Waals surface area contributed by atoms with Crippen LogP contribution < -0.4 is 10.0 Å². The van der Waals surface area contributed by atoms with Crippen LogP contribution in [0.4, 0.5) is 0 Å². The summed E-state index contributed by atoms with van der Waals surface area (Å²) >= 11 is 0. The van der Waals surface area contributed by atoms with Crippen LogP contribution in [-0.2, 0) is 14.8 Å². The highest BCUT2D eigenvalue weighted by Gasteiger charge is 2.50. The van der Waals surface area contributed by atoms with Crippen molar-refractivity contribution in [3.63, 3.8) is 0 Å². The summed E-state index contributed by atoms with van der Waals surface area (Å²) in [6, 6.07) is -0.309. The molecule has 0 aromatic heterocycles. The Kier molecular flexibility index (Phi) is 3.16. The summed E-state index contributed by atoms with van der Waals surface area (Å²) in [7, 11) is -3.38. The van der Waals surface area contributed by atoms with Crippen molar-refractivity contribution >= 4 is 28.3 Å². The van der Waals surface area contributed by atoms with E-state index in [9.17, 15) is 13.2 Å². The van der Waals surface area contributed by atoms with Crippen molar-refractivity contribution in [3.8, 4) is 0 Å². The molecule has 98 valence electrons. The van der Waals surface area contributed by atoms with Gasteiger partial charge in [0.15, 0.2) is 0 Å². The molecule has 7 heteroatoms. The van der Waals surface area contributed by atoms with Crippen LogP contribution >= 0.6 is 12.4 Å². The Morgan fingerprint density at radius 3 is 2.41 bits per heavy atom. The molecule has 1 aliphatic heterocycles. The number of sulfonamides is 1. The van der Waals surface area contributed by atoms with E-state index in [0.717, 1.165) is 13.0 Å². The molecule has 1 atom stereocenters. The summed E-state index contributed by atoms with van der Waals surface area (Å²) in [5, 5.41) is 2.79. The molecule has 0 aromatic rings. The van der Waals surface area contributed by atoms with E-state index in [2.05, 4.69) is 10.0 Å². The molecule has 2 N–H and O–H groups in total. The van der Waals surface area contributed by atoms with Crippen LogP contribution in [0.25, 0.3) is 0 Å². The van der Waals surface area contributed by atoms with Gasteiger partial charge in [-0.15, -0.1) is 12.4 Å². The highest BCUT2D eigenvalue weighted by Crippen LogP contribution is 2.51. The Bertz CT molecular complexity index is 429. The van der Waals surface area contributed by atoms with Gasteiger partial charge in [0.25, 0.3) is 5.91 Å². The van der Waals surface area contributed by atoms with Crippen LogP contribution in [0.15, 0.2) is 0 Å². The van der Waals surface area contributed by atoms with Gasteiger partial charge in [-0.1, -0.05) is 0 Å². The topological polar surface area (TPSA) is 75.3 Å². The minimum Gasteiger partial charge on any atom is -0.305 e. The molecule has 0 radical (unpaired) electrons. The summed E-state index contributed by atoms with van der Waals surface area (Å²) in [4.78, 5) is 11.8. The zero-order chi connectivity index (χ0) is 11.4. The van der Waals surface area contributed by atoms with Crippen LogP contribution in [0.2, 0.25) is 0 Å². The summed E-state index contributed by atoms with van der Waals surface area (Å²) in [5.74, 6) is -0.365. The maximum Gasteiger partial charge on any atom is 0.250 e.